The number of anilines is 1. The van der Waals surface area contributed by atoms with Crippen LogP contribution in [0.15, 0.2) is 48.5 Å². The summed E-state index contributed by atoms with van der Waals surface area (Å²) in [5, 5.41) is 2.90. The van der Waals surface area contributed by atoms with Crippen LogP contribution < -0.4 is 14.8 Å². The van der Waals surface area contributed by atoms with Crippen LogP contribution in [0.5, 0.6) is 17.5 Å². The topological polar surface area (TPSA) is 73.3 Å². The summed E-state index contributed by atoms with van der Waals surface area (Å²) >= 11 is 0. The Morgan fingerprint density at radius 3 is 2.30 bits per heavy atom. The lowest BCUT2D eigenvalue weighted by molar-refractivity contribution is -0.116. The van der Waals surface area contributed by atoms with E-state index >= 15 is 0 Å². The largest absolute Gasteiger partial charge is 0.493 e. The maximum Gasteiger partial charge on any atom is 0.322 e. The number of amides is 1. The Hall–Kier alpha value is -3.41. The molecule has 6 heteroatoms. The lowest BCUT2D eigenvalue weighted by atomic mass is 10.1. The van der Waals surface area contributed by atoms with Gasteiger partial charge in [0, 0.05) is 29.6 Å². The van der Waals surface area contributed by atoms with E-state index in [4.69, 9.17) is 9.47 Å². The van der Waals surface area contributed by atoms with Gasteiger partial charge in [-0.15, -0.1) is 0 Å². The number of ether oxygens (including phenoxy) is 2. The fourth-order valence-electron chi connectivity index (χ4n) is 3.14. The maximum absolute atomic E-state index is 12.3. The van der Waals surface area contributed by atoms with Gasteiger partial charge in [0.25, 0.3) is 0 Å². The lowest BCUT2D eigenvalue weighted by Gasteiger charge is -2.12. The Morgan fingerprint density at radius 2 is 1.60 bits per heavy atom. The Balaban J connectivity index is 1.50. The minimum atomic E-state index is -0.0695. The molecule has 1 heterocycles. The number of para-hydroxylation sites is 1. The Morgan fingerprint density at radius 1 is 0.933 bits per heavy atom. The number of rotatable bonds is 8. The van der Waals surface area contributed by atoms with E-state index in [-0.39, 0.29) is 5.91 Å². The molecule has 0 unspecified atom stereocenters. The number of hydrogen-bond donors (Lipinski definition) is 1. The van der Waals surface area contributed by atoms with Crippen molar-refractivity contribution < 1.29 is 14.3 Å². The van der Waals surface area contributed by atoms with Crippen LogP contribution in [-0.4, -0.2) is 22.5 Å². The molecule has 30 heavy (non-hydrogen) atoms. The summed E-state index contributed by atoms with van der Waals surface area (Å²) in [6.45, 7) is 8.32. The molecule has 0 aliphatic heterocycles. The lowest BCUT2D eigenvalue weighted by Crippen LogP contribution is -2.13. The zero-order valence-electron chi connectivity index (χ0n) is 17.9. The van der Waals surface area contributed by atoms with Crippen molar-refractivity contribution in [2.24, 2.45) is 0 Å². The van der Waals surface area contributed by atoms with E-state index in [1.807, 2.05) is 64.1 Å². The molecule has 0 aliphatic rings. The summed E-state index contributed by atoms with van der Waals surface area (Å²) in [4.78, 5) is 20.8. The van der Waals surface area contributed by atoms with Crippen LogP contribution in [0.3, 0.4) is 0 Å². The van der Waals surface area contributed by atoms with Crippen LogP contribution in [0.25, 0.3) is 0 Å². The summed E-state index contributed by atoms with van der Waals surface area (Å²) < 4.78 is 11.6. The second-order valence-electron chi connectivity index (χ2n) is 7.28. The molecule has 1 amide bonds. The van der Waals surface area contributed by atoms with Crippen LogP contribution in [0.1, 0.15) is 35.4 Å². The number of carbonyl (C=O) groups is 1. The zero-order valence-corrected chi connectivity index (χ0v) is 17.9. The molecule has 1 N–H and O–H groups in total. The smallest absolute Gasteiger partial charge is 0.322 e. The Bertz CT molecular complexity index is 993. The molecule has 6 nitrogen and oxygen atoms in total. The van der Waals surface area contributed by atoms with Crippen molar-refractivity contribution in [2.75, 3.05) is 11.9 Å². The highest BCUT2D eigenvalue weighted by Gasteiger charge is 2.08. The van der Waals surface area contributed by atoms with Gasteiger partial charge in [-0.1, -0.05) is 24.3 Å². The highest BCUT2D eigenvalue weighted by atomic mass is 16.5. The molecule has 0 saturated heterocycles. The van der Waals surface area contributed by atoms with Gasteiger partial charge in [0.1, 0.15) is 11.5 Å². The number of benzene rings is 2. The van der Waals surface area contributed by atoms with Gasteiger partial charge in [-0.3, -0.25) is 4.79 Å². The number of carbonyl (C=O) groups excluding carboxylic acids is 1. The molecule has 1 aromatic heterocycles. The first kappa shape index (κ1) is 21.3. The third-order valence-corrected chi connectivity index (χ3v) is 4.49. The van der Waals surface area contributed by atoms with E-state index in [9.17, 15) is 4.79 Å². The van der Waals surface area contributed by atoms with Gasteiger partial charge in [-0.05, 0) is 63.4 Å². The molecule has 0 fully saturated rings. The molecule has 0 saturated carbocycles. The van der Waals surface area contributed by atoms with Crippen LogP contribution in [-0.2, 0) is 4.79 Å². The van der Waals surface area contributed by atoms with Crippen LogP contribution >= 0.6 is 0 Å². The van der Waals surface area contributed by atoms with Crippen LogP contribution in [0.2, 0.25) is 0 Å². The highest BCUT2D eigenvalue weighted by Crippen LogP contribution is 2.23. The average Bonchev–Trinajstić information content (AvgIpc) is 2.66. The molecular formula is C24H27N3O3. The molecule has 0 aliphatic carbocycles. The Kier molecular flexibility index (Phi) is 7.01. The van der Waals surface area contributed by atoms with Crippen molar-refractivity contribution >= 4 is 11.6 Å². The first-order chi connectivity index (χ1) is 14.4. The number of hydrogen-bond acceptors (Lipinski definition) is 5. The van der Waals surface area contributed by atoms with E-state index in [0.29, 0.717) is 36.9 Å². The van der Waals surface area contributed by atoms with E-state index in [1.54, 1.807) is 12.1 Å². The van der Waals surface area contributed by atoms with Crippen molar-refractivity contribution in [1.82, 2.24) is 9.97 Å². The molecule has 3 rings (SSSR count). The van der Waals surface area contributed by atoms with Crippen molar-refractivity contribution in [2.45, 2.75) is 40.5 Å². The molecular weight excluding hydrogens is 378 g/mol. The first-order valence-corrected chi connectivity index (χ1v) is 10.00. The predicted molar refractivity (Wildman–Crippen MR) is 117 cm³/mol. The van der Waals surface area contributed by atoms with E-state index in [0.717, 1.165) is 28.3 Å². The molecule has 156 valence electrons. The van der Waals surface area contributed by atoms with E-state index in [2.05, 4.69) is 15.3 Å². The van der Waals surface area contributed by atoms with Crippen molar-refractivity contribution in [3.8, 4) is 17.5 Å². The van der Waals surface area contributed by atoms with Gasteiger partial charge in [0.2, 0.25) is 5.91 Å². The third-order valence-electron chi connectivity index (χ3n) is 4.49. The van der Waals surface area contributed by atoms with Gasteiger partial charge in [0.05, 0.1) is 6.61 Å². The summed E-state index contributed by atoms with van der Waals surface area (Å²) in [5.74, 6) is 1.40. The first-order valence-electron chi connectivity index (χ1n) is 10.00. The quantitative estimate of drug-likeness (QED) is 0.515. The van der Waals surface area contributed by atoms with Crippen molar-refractivity contribution in [3.05, 3.63) is 71.0 Å². The van der Waals surface area contributed by atoms with E-state index < -0.39 is 0 Å². The normalized spacial score (nSPS) is 10.5. The molecule has 2 aromatic carbocycles. The third kappa shape index (κ3) is 6.04. The van der Waals surface area contributed by atoms with Gasteiger partial charge >= 0.3 is 6.01 Å². The number of aromatic nitrogens is 2. The second kappa shape index (κ2) is 9.87. The Labute approximate surface area is 177 Å². The van der Waals surface area contributed by atoms with Crippen LogP contribution in [0, 0.1) is 27.7 Å². The van der Waals surface area contributed by atoms with E-state index in [1.165, 1.54) is 0 Å². The summed E-state index contributed by atoms with van der Waals surface area (Å²) in [6.07, 6.45) is 1.00. The van der Waals surface area contributed by atoms with Crippen molar-refractivity contribution in [1.29, 1.82) is 0 Å². The second-order valence-corrected chi connectivity index (χ2v) is 7.28. The van der Waals surface area contributed by atoms with Crippen molar-refractivity contribution in [3.63, 3.8) is 0 Å². The monoisotopic (exact) mass is 405 g/mol. The number of aryl methyl sites for hydroxylation is 4. The molecule has 0 radical (unpaired) electrons. The molecule has 0 spiro atoms. The average molecular weight is 405 g/mol. The zero-order chi connectivity index (χ0) is 21.5. The molecule has 3 aromatic rings. The highest BCUT2D eigenvalue weighted by molar-refractivity contribution is 5.90. The summed E-state index contributed by atoms with van der Waals surface area (Å²) in [7, 11) is 0. The van der Waals surface area contributed by atoms with Gasteiger partial charge in [-0.2, -0.15) is 0 Å². The fraction of sp³-hybridized carbons (Fsp3) is 0.292. The summed E-state index contributed by atoms with van der Waals surface area (Å²) in [5.41, 5.74) is 4.54. The van der Waals surface area contributed by atoms with Gasteiger partial charge in [-0.25, -0.2) is 9.97 Å². The predicted octanol–water partition coefficient (Wildman–Crippen LogP) is 5.30. The standard InChI is InChI=1S/C24H27N3O3/c1-16-8-5-9-17(2)23(16)29-13-7-12-22(28)27-20-10-6-11-21(15-20)30-24-25-18(3)14-19(4)26-24/h5-6,8-11,14-15H,7,12-13H2,1-4H3,(H,27,28). The SMILES string of the molecule is Cc1cc(C)nc(Oc2cccc(NC(=O)CCCOc3c(C)cccc3C)c2)n1. The molecule has 0 atom stereocenters. The number of nitrogens with one attached hydrogen (secondary N) is 1. The minimum Gasteiger partial charge on any atom is -0.493 e. The van der Waals surface area contributed by atoms with Gasteiger partial charge < -0.3 is 14.8 Å². The fourth-order valence-corrected chi connectivity index (χ4v) is 3.14. The minimum absolute atomic E-state index is 0.0695. The van der Waals surface area contributed by atoms with Crippen LogP contribution in [0.4, 0.5) is 5.69 Å². The number of nitrogens with zero attached hydrogens (tertiary/aromatic N) is 2. The molecule has 0 bridgehead atoms. The maximum atomic E-state index is 12.3. The van der Waals surface area contributed by atoms with Gasteiger partial charge in [0.15, 0.2) is 0 Å². The summed E-state index contributed by atoms with van der Waals surface area (Å²) in [6, 6.07) is 15.4.